The Labute approximate surface area is 141 Å². The Bertz CT molecular complexity index is 745. The molecule has 0 amide bonds. The molecule has 1 rings (SSSR count). The molecule has 6 nitrogen and oxygen atoms in total. The van der Waals surface area contributed by atoms with Crippen LogP contribution in [0.15, 0.2) is 17.1 Å². The van der Waals surface area contributed by atoms with Gasteiger partial charge in [0.15, 0.2) is 14.6 Å². The van der Waals surface area contributed by atoms with Gasteiger partial charge in [0.05, 0.1) is 3.57 Å². The second-order valence-electron chi connectivity index (χ2n) is 5.22. The van der Waals surface area contributed by atoms with Crippen molar-refractivity contribution in [3.8, 4) is 0 Å². The van der Waals surface area contributed by atoms with Crippen LogP contribution in [-0.4, -0.2) is 35.1 Å². The molecule has 0 aromatic carbocycles. The van der Waals surface area contributed by atoms with Gasteiger partial charge in [0, 0.05) is 24.9 Å². The molecule has 9 heteroatoms. The van der Waals surface area contributed by atoms with Crippen LogP contribution in [0.25, 0.3) is 0 Å². The molecule has 1 aromatic rings. The zero-order valence-corrected chi connectivity index (χ0v) is 15.3. The third-order valence-electron chi connectivity index (χ3n) is 3.94. The minimum atomic E-state index is -3.94. The van der Waals surface area contributed by atoms with E-state index >= 15 is 0 Å². The molecule has 1 N–H and O–H groups in total. The fourth-order valence-electron chi connectivity index (χ4n) is 2.23. The number of carboxylic acid groups (broad SMARTS) is 1. The minimum absolute atomic E-state index is 0.149. The molecule has 0 saturated heterocycles. The summed E-state index contributed by atoms with van der Waals surface area (Å²) in [6, 6.07) is 1.38. The zero-order valence-electron chi connectivity index (χ0n) is 12.3. The third kappa shape index (κ3) is 3.34. The van der Waals surface area contributed by atoms with Gasteiger partial charge in [-0.15, -0.1) is 0 Å². The van der Waals surface area contributed by atoms with Crippen LogP contribution in [0.5, 0.6) is 0 Å². The molecule has 0 saturated carbocycles. The summed E-state index contributed by atoms with van der Waals surface area (Å²) in [6.07, 6.45) is 2.39. The fourth-order valence-corrected chi connectivity index (χ4v) is 3.79. The molecule has 0 fully saturated rings. The molecule has 1 unspecified atom stereocenters. The number of rotatable bonds is 6. The standard InChI is InChI=1S/C13H17FINO5S/c1-4-8(13(2,12(18)19)22(3,20)21)7-16-6-5-9(15)10(14)11(16)17/h5-6,8H,4,7H2,1-3H3,(H,18,19)/t8?,13-/m1/s1. The lowest BCUT2D eigenvalue weighted by Gasteiger charge is -2.32. The summed E-state index contributed by atoms with van der Waals surface area (Å²) in [5.74, 6) is -3.30. The van der Waals surface area contributed by atoms with Gasteiger partial charge in [-0.05, 0) is 42.0 Å². The molecular formula is C13H17FINO5S. The van der Waals surface area contributed by atoms with Gasteiger partial charge in [0.2, 0.25) is 5.82 Å². The third-order valence-corrected chi connectivity index (χ3v) is 6.82. The molecule has 124 valence electrons. The number of aliphatic carboxylic acids is 1. The average molecular weight is 445 g/mol. The molecule has 1 heterocycles. The van der Waals surface area contributed by atoms with Crippen molar-refractivity contribution in [2.75, 3.05) is 6.26 Å². The van der Waals surface area contributed by atoms with E-state index in [0.29, 0.717) is 0 Å². The molecule has 0 radical (unpaired) electrons. The monoisotopic (exact) mass is 445 g/mol. The van der Waals surface area contributed by atoms with Crippen molar-refractivity contribution in [3.63, 3.8) is 0 Å². The fraction of sp³-hybridized carbons (Fsp3) is 0.538. The molecule has 0 spiro atoms. The number of carbonyl (C=O) groups is 1. The van der Waals surface area contributed by atoms with Crippen LogP contribution >= 0.6 is 22.6 Å². The first-order chi connectivity index (χ1) is 9.96. The summed E-state index contributed by atoms with van der Waals surface area (Å²) in [6.45, 7) is 2.55. The van der Waals surface area contributed by atoms with Crippen LogP contribution in [0.3, 0.4) is 0 Å². The highest BCUT2D eigenvalue weighted by atomic mass is 127. The van der Waals surface area contributed by atoms with Crippen LogP contribution in [-0.2, 0) is 21.2 Å². The second-order valence-corrected chi connectivity index (χ2v) is 8.78. The van der Waals surface area contributed by atoms with Crippen LogP contribution in [0.2, 0.25) is 0 Å². The van der Waals surface area contributed by atoms with Gasteiger partial charge in [-0.1, -0.05) is 6.92 Å². The first-order valence-electron chi connectivity index (χ1n) is 6.44. The Morgan fingerprint density at radius 1 is 1.55 bits per heavy atom. The van der Waals surface area contributed by atoms with E-state index in [0.717, 1.165) is 17.7 Å². The van der Waals surface area contributed by atoms with Crippen LogP contribution in [0.1, 0.15) is 20.3 Å². The van der Waals surface area contributed by atoms with Crippen molar-refractivity contribution >= 4 is 38.4 Å². The van der Waals surface area contributed by atoms with Gasteiger partial charge in [-0.2, -0.15) is 4.39 Å². The van der Waals surface area contributed by atoms with E-state index in [1.807, 2.05) is 0 Å². The molecule has 0 aliphatic heterocycles. The highest BCUT2D eigenvalue weighted by Gasteiger charge is 2.49. The van der Waals surface area contributed by atoms with Crippen molar-refractivity contribution in [2.45, 2.75) is 31.6 Å². The predicted octanol–water partition coefficient (Wildman–Crippen LogP) is 1.51. The molecule has 0 aliphatic rings. The summed E-state index contributed by atoms with van der Waals surface area (Å²) in [5.41, 5.74) is -0.897. The van der Waals surface area contributed by atoms with Gasteiger partial charge < -0.3 is 9.67 Å². The molecule has 2 atom stereocenters. The van der Waals surface area contributed by atoms with E-state index in [1.54, 1.807) is 29.5 Å². The van der Waals surface area contributed by atoms with Gasteiger partial charge in [-0.3, -0.25) is 9.59 Å². The Balaban J connectivity index is 3.37. The summed E-state index contributed by atoms with van der Waals surface area (Å²) in [4.78, 5) is 23.4. The van der Waals surface area contributed by atoms with Gasteiger partial charge >= 0.3 is 5.97 Å². The smallest absolute Gasteiger partial charge is 0.325 e. The number of aromatic nitrogens is 1. The van der Waals surface area contributed by atoms with Crippen LogP contribution < -0.4 is 5.56 Å². The van der Waals surface area contributed by atoms with Crippen molar-refractivity contribution < 1.29 is 22.7 Å². The molecular weight excluding hydrogens is 428 g/mol. The van der Waals surface area contributed by atoms with E-state index in [9.17, 15) is 27.5 Å². The van der Waals surface area contributed by atoms with Crippen molar-refractivity contribution in [1.29, 1.82) is 0 Å². The van der Waals surface area contributed by atoms with E-state index in [-0.39, 0.29) is 16.5 Å². The summed E-state index contributed by atoms with van der Waals surface area (Å²) >= 11 is 1.67. The number of halogens is 2. The Hall–Kier alpha value is -0.970. The largest absolute Gasteiger partial charge is 0.480 e. The number of sulfone groups is 1. The molecule has 22 heavy (non-hydrogen) atoms. The van der Waals surface area contributed by atoms with E-state index in [4.69, 9.17) is 0 Å². The number of hydrogen-bond acceptors (Lipinski definition) is 4. The SMILES string of the molecule is CCC(Cn1ccc(I)c(F)c1=O)[C@](C)(C(=O)O)S(C)(=O)=O. The van der Waals surface area contributed by atoms with Crippen LogP contribution in [0, 0.1) is 15.3 Å². The number of hydrogen-bond donors (Lipinski definition) is 1. The van der Waals surface area contributed by atoms with E-state index < -0.39 is 37.8 Å². The topological polar surface area (TPSA) is 93.4 Å². The first kappa shape index (κ1) is 19.1. The Morgan fingerprint density at radius 3 is 2.50 bits per heavy atom. The zero-order chi connectivity index (χ0) is 17.3. The maximum atomic E-state index is 13.7. The van der Waals surface area contributed by atoms with Gasteiger partial charge in [0.1, 0.15) is 0 Å². The molecule has 1 aromatic heterocycles. The first-order valence-corrected chi connectivity index (χ1v) is 9.41. The van der Waals surface area contributed by atoms with E-state index in [1.165, 1.54) is 12.3 Å². The maximum Gasteiger partial charge on any atom is 0.325 e. The molecule has 0 aliphatic carbocycles. The van der Waals surface area contributed by atoms with Crippen molar-refractivity contribution in [1.82, 2.24) is 4.57 Å². The number of nitrogens with zero attached hydrogens (tertiary/aromatic N) is 1. The lowest BCUT2D eigenvalue weighted by molar-refractivity contribution is -0.141. The normalized spacial score (nSPS) is 16.0. The van der Waals surface area contributed by atoms with Gasteiger partial charge in [-0.25, -0.2) is 8.42 Å². The van der Waals surface area contributed by atoms with E-state index in [2.05, 4.69) is 0 Å². The van der Waals surface area contributed by atoms with Crippen LogP contribution in [0.4, 0.5) is 4.39 Å². The molecule has 0 bridgehead atoms. The highest BCUT2D eigenvalue weighted by Crippen LogP contribution is 2.30. The number of pyridine rings is 1. The Kier molecular flexibility index (Phi) is 5.77. The quantitative estimate of drug-likeness (QED) is 0.671. The van der Waals surface area contributed by atoms with Gasteiger partial charge in [0.25, 0.3) is 5.56 Å². The maximum absolute atomic E-state index is 13.7. The lowest BCUT2D eigenvalue weighted by Crippen LogP contribution is -2.51. The Morgan fingerprint density at radius 2 is 2.09 bits per heavy atom. The van der Waals surface area contributed by atoms with Crippen molar-refractivity contribution in [2.24, 2.45) is 5.92 Å². The summed E-state index contributed by atoms with van der Waals surface area (Å²) in [7, 11) is -3.94. The lowest BCUT2D eigenvalue weighted by atomic mass is 9.90. The predicted molar refractivity (Wildman–Crippen MR) is 88.0 cm³/mol. The number of carboxylic acids is 1. The second kappa shape index (κ2) is 6.65. The average Bonchev–Trinajstić information content (AvgIpc) is 2.42. The van der Waals surface area contributed by atoms with Crippen molar-refractivity contribution in [3.05, 3.63) is 32.0 Å². The summed E-state index contributed by atoms with van der Waals surface area (Å²) in [5, 5.41) is 9.37. The minimum Gasteiger partial charge on any atom is -0.480 e. The highest BCUT2D eigenvalue weighted by molar-refractivity contribution is 14.1. The summed E-state index contributed by atoms with van der Waals surface area (Å²) < 4.78 is 36.7.